The quantitative estimate of drug-likeness (QED) is 0.430. The second-order valence-corrected chi connectivity index (χ2v) is 8.94. The molecule has 0 aromatic heterocycles. The Kier molecular flexibility index (Phi) is 19.4. The van der Waals surface area contributed by atoms with E-state index < -0.39 is 0 Å². The van der Waals surface area contributed by atoms with Crippen molar-refractivity contribution in [2.24, 2.45) is 4.99 Å². The minimum Gasteiger partial charge on any atom is -1.00 e. The van der Waals surface area contributed by atoms with Crippen molar-refractivity contribution >= 4 is 11.4 Å². The number of rotatable bonds is 10. The summed E-state index contributed by atoms with van der Waals surface area (Å²) in [6.45, 7) is 23.9. The molecule has 1 rings (SSSR count). The molecule has 0 saturated heterocycles. The van der Waals surface area contributed by atoms with Gasteiger partial charge in [-0.05, 0) is 64.1 Å². The van der Waals surface area contributed by atoms with E-state index in [9.17, 15) is 0 Å². The maximum atomic E-state index is 5.01. The van der Waals surface area contributed by atoms with Crippen molar-refractivity contribution in [2.75, 3.05) is 13.1 Å². The van der Waals surface area contributed by atoms with E-state index in [0.29, 0.717) is 23.9 Å². The molecule has 0 unspecified atom stereocenters. The van der Waals surface area contributed by atoms with Crippen LogP contribution in [-0.2, 0) is 25.8 Å². The molecule has 3 nitrogen and oxygen atoms in total. The van der Waals surface area contributed by atoms with Gasteiger partial charge in [-0.1, -0.05) is 66.3 Å². The first-order valence-electron chi connectivity index (χ1n) is 10.8. The van der Waals surface area contributed by atoms with E-state index >= 15 is 0 Å². The van der Waals surface area contributed by atoms with Gasteiger partial charge in [0.15, 0.2) is 0 Å². The molecular formula is C26H46ClN3Sc-2. The molecule has 1 aromatic carbocycles. The summed E-state index contributed by atoms with van der Waals surface area (Å²) in [5.74, 6) is 0.913. The van der Waals surface area contributed by atoms with Crippen LogP contribution in [0.25, 0.3) is 5.32 Å². The van der Waals surface area contributed by atoms with Crippen molar-refractivity contribution in [3.05, 3.63) is 46.4 Å². The van der Waals surface area contributed by atoms with E-state index in [2.05, 4.69) is 98.4 Å². The van der Waals surface area contributed by atoms with Crippen LogP contribution in [0.5, 0.6) is 0 Å². The van der Waals surface area contributed by atoms with Crippen LogP contribution in [0.4, 0.5) is 5.69 Å². The van der Waals surface area contributed by atoms with Crippen molar-refractivity contribution in [2.45, 2.75) is 101 Å². The summed E-state index contributed by atoms with van der Waals surface area (Å²) < 4.78 is 0. The molecule has 0 heterocycles. The van der Waals surface area contributed by atoms with E-state index in [1.807, 2.05) is 0 Å². The van der Waals surface area contributed by atoms with Crippen LogP contribution in [0.1, 0.15) is 99.6 Å². The van der Waals surface area contributed by atoms with Crippen molar-refractivity contribution in [1.29, 1.82) is 0 Å². The van der Waals surface area contributed by atoms with Gasteiger partial charge in [-0.15, -0.1) is 6.54 Å². The summed E-state index contributed by atoms with van der Waals surface area (Å²) in [5, 5.41) is 4.76. The van der Waals surface area contributed by atoms with Gasteiger partial charge in [0.25, 0.3) is 0 Å². The standard InChI is InChI=1S/C25H42N3.CH4.ClH.Sc/c1-17(2)23-12-11-13-24(18(3)4)25(23)27-22(10)16-21(9)26-14-15-28(19(5)6)20(7)8;;;/h11-13,16-20H,14-15H2,1-10H3;1H4;1H;/q-1;;;/p-1/b21-16+,27-22?;;;. The zero-order valence-corrected chi connectivity index (χ0v) is 23.4. The van der Waals surface area contributed by atoms with Crippen LogP contribution in [0.3, 0.4) is 0 Å². The molecule has 0 aliphatic rings. The maximum Gasteiger partial charge on any atom is 0.0701 e. The second-order valence-electron chi connectivity index (χ2n) is 8.94. The molecule has 0 amide bonds. The number of nitrogens with zero attached hydrogens (tertiary/aromatic N) is 3. The largest absolute Gasteiger partial charge is 1.00 e. The zero-order chi connectivity index (χ0) is 21.4. The Morgan fingerprint density at radius 3 is 1.77 bits per heavy atom. The minimum absolute atomic E-state index is 0. The van der Waals surface area contributed by atoms with E-state index in [-0.39, 0.29) is 45.7 Å². The molecule has 0 aliphatic carbocycles. The molecule has 0 N–H and O–H groups in total. The number of hydrogen-bond donors (Lipinski definition) is 0. The summed E-state index contributed by atoms with van der Waals surface area (Å²) >= 11 is 0. The number of aliphatic imine (C=N–C) groups is 1. The predicted octanol–water partition coefficient (Wildman–Crippen LogP) is 5.06. The molecule has 0 spiro atoms. The van der Waals surface area contributed by atoms with Crippen LogP contribution in [0.2, 0.25) is 0 Å². The molecule has 0 fully saturated rings. The van der Waals surface area contributed by atoms with E-state index in [1.54, 1.807) is 0 Å². The predicted molar refractivity (Wildman–Crippen MR) is 133 cm³/mol. The Morgan fingerprint density at radius 1 is 0.935 bits per heavy atom. The third kappa shape index (κ3) is 11.8. The summed E-state index contributed by atoms with van der Waals surface area (Å²) in [5.41, 5.74) is 5.83. The average Bonchev–Trinajstić information content (AvgIpc) is 2.57. The van der Waals surface area contributed by atoms with Gasteiger partial charge in [-0.2, -0.15) is 5.70 Å². The molecule has 5 heteroatoms. The van der Waals surface area contributed by atoms with Crippen LogP contribution in [-0.4, -0.2) is 35.8 Å². The molecule has 0 bridgehead atoms. The fourth-order valence-corrected chi connectivity index (χ4v) is 3.65. The molecule has 0 atom stereocenters. The molecular weight excluding hydrogens is 435 g/mol. The SMILES string of the molecule is C.CC(/C=C(\C)[N-]CCN(C(C)C)C(C)C)=Nc1c(C(C)C)cccc1C(C)C.[Cl-].[Sc]. The summed E-state index contributed by atoms with van der Waals surface area (Å²) in [7, 11) is 0. The Morgan fingerprint density at radius 2 is 1.39 bits per heavy atom. The van der Waals surface area contributed by atoms with Gasteiger partial charge in [0.05, 0.1) is 5.69 Å². The topological polar surface area (TPSA) is 29.7 Å². The third-order valence-corrected chi connectivity index (χ3v) is 5.09. The van der Waals surface area contributed by atoms with Gasteiger partial charge in [0, 0.05) is 43.6 Å². The number of hydrogen-bond acceptors (Lipinski definition) is 2. The fourth-order valence-electron chi connectivity index (χ4n) is 3.65. The maximum absolute atomic E-state index is 5.01. The van der Waals surface area contributed by atoms with E-state index in [4.69, 9.17) is 10.3 Å². The first-order chi connectivity index (χ1) is 13.0. The van der Waals surface area contributed by atoms with Gasteiger partial charge in [-0.3, -0.25) is 4.99 Å². The van der Waals surface area contributed by atoms with Gasteiger partial charge in [0.2, 0.25) is 0 Å². The Hall–Kier alpha value is -0.450. The number of halogens is 1. The van der Waals surface area contributed by atoms with Crippen molar-refractivity contribution < 1.29 is 38.3 Å². The Balaban J connectivity index is -0.00000261. The average molecular weight is 481 g/mol. The Bertz CT molecular complexity index is 645. The minimum atomic E-state index is 0. The van der Waals surface area contributed by atoms with Crippen LogP contribution < -0.4 is 12.4 Å². The van der Waals surface area contributed by atoms with Gasteiger partial charge in [-0.25, -0.2) is 0 Å². The number of allylic oxidation sites excluding steroid dienone is 2. The van der Waals surface area contributed by atoms with Crippen LogP contribution >= 0.6 is 0 Å². The summed E-state index contributed by atoms with van der Waals surface area (Å²) in [6, 6.07) is 7.66. The van der Waals surface area contributed by atoms with Crippen molar-refractivity contribution in [3.63, 3.8) is 0 Å². The Labute approximate surface area is 218 Å². The number of benzene rings is 1. The molecule has 0 aliphatic heterocycles. The van der Waals surface area contributed by atoms with Gasteiger partial charge >= 0.3 is 0 Å². The van der Waals surface area contributed by atoms with Gasteiger partial charge in [0.1, 0.15) is 0 Å². The first kappa shape index (κ1) is 35.1. The molecule has 1 aromatic rings. The zero-order valence-electron chi connectivity index (χ0n) is 20.8. The smallest absolute Gasteiger partial charge is 0.0701 e. The van der Waals surface area contributed by atoms with Crippen LogP contribution in [0, 0.1) is 0 Å². The first-order valence-corrected chi connectivity index (χ1v) is 10.8. The van der Waals surface area contributed by atoms with Crippen molar-refractivity contribution in [3.8, 4) is 0 Å². The monoisotopic (exact) mass is 480 g/mol. The third-order valence-electron chi connectivity index (χ3n) is 5.09. The van der Waals surface area contributed by atoms with Crippen molar-refractivity contribution in [1.82, 2.24) is 4.90 Å². The second kappa shape index (κ2) is 17.1. The molecule has 31 heavy (non-hydrogen) atoms. The van der Waals surface area contributed by atoms with Crippen LogP contribution in [0.15, 0.2) is 35.0 Å². The molecule has 0 saturated carbocycles. The summed E-state index contributed by atoms with van der Waals surface area (Å²) in [4.78, 5) is 7.49. The van der Waals surface area contributed by atoms with E-state index in [0.717, 1.165) is 30.2 Å². The van der Waals surface area contributed by atoms with Gasteiger partial charge < -0.3 is 22.6 Å². The molecule has 1 radical (unpaired) electrons. The van der Waals surface area contributed by atoms with E-state index in [1.165, 1.54) is 11.1 Å². The fraction of sp³-hybridized carbons (Fsp3) is 0.654. The number of para-hydroxylation sites is 1. The molecule has 177 valence electrons. The summed E-state index contributed by atoms with van der Waals surface area (Å²) in [6.07, 6.45) is 2.11. The normalized spacial score (nSPS) is 12.2.